The summed E-state index contributed by atoms with van der Waals surface area (Å²) in [6.07, 6.45) is 8.12. The van der Waals surface area contributed by atoms with Gasteiger partial charge in [0.2, 0.25) is 6.43 Å². The van der Waals surface area contributed by atoms with Gasteiger partial charge in [-0.3, -0.25) is 0 Å². The summed E-state index contributed by atoms with van der Waals surface area (Å²) in [6, 6.07) is 0. The molecule has 0 aromatic heterocycles. The number of allylic oxidation sites excluding steroid dienone is 1. The van der Waals surface area contributed by atoms with Gasteiger partial charge in [-0.05, 0) is 74.5 Å². The molecule has 0 aromatic rings. The predicted molar refractivity (Wildman–Crippen MR) is 82.7 cm³/mol. The van der Waals surface area contributed by atoms with Crippen molar-refractivity contribution in [2.24, 2.45) is 28.6 Å². The molecule has 3 saturated carbocycles. The van der Waals surface area contributed by atoms with E-state index >= 15 is 0 Å². The fourth-order valence-corrected chi connectivity index (χ4v) is 6.73. The molecule has 3 fully saturated rings. The molecule has 0 amide bonds. The van der Waals surface area contributed by atoms with Crippen LogP contribution in [-0.4, -0.2) is 17.6 Å². The number of aliphatic hydroxyl groups is 1. The van der Waals surface area contributed by atoms with Gasteiger partial charge in [0.1, 0.15) is 0 Å². The van der Waals surface area contributed by atoms with E-state index in [1.165, 1.54) is 5.57 Å². The molecule has 4 aliphatic rings. The predicted octanol–water partition coefficient (Wildman–Crippen LogP) is 4.95. The number of aliphatic hydroxyl groups excluding tert-OH is 1. The minimum Gasteiger partial charge on any atom is -0.393 e. The van der Waals surface area contributed by atoms with E-state index in [0.29, 0.717) is 11.8 Å². The summed E-state index contributed by atoms with van der Waals surface area (Å²) in [5, 5.41) is 9.98. The van der Waals surface area contributed by atoms with Crippen LogP contribution in [0.1, 0.15) is 64.7 Å². The lowest BCUT2D eigenvalue weighted by molar-refractivity contribution is -0.113. The van der Waals surface area contributed by atoms with Gasteiger partial charge in [-0.1, -0.05) is 25.0 Å². The molecule has 0 heterocycles. The number of fused-ring (bicyclic) bond motifs is 5. The van der Waals surface area contributed by atoms with Crippen LogP contribution < -0.4 is 0 Å². The number of alkyl halides is 2. The minimum atomic E-state index is -2.15. The van der Waals surface area contributed by atoms with E-state index in [9.17, 15) is 13.9 Å². The Morgan fingerprint density at radius 2 is 1.95 bits per heavy atom. The van der Waals surface area contributed by atoms with Gasteiger partial charge in [0.25, 0.3) is 0 Å². The van der Waals surface area contributed by atoms with Crippen LogP contribution in [0.4, 0.5) is 8.78 Å². The maximum Gasteiger partial charge on any atom is 0.244 e. The van der Waals surface area contributed by atoms with E-state index in [-0.39, 0.29) is 17.4 Å². The highest BCUT2D eigenvalue weighted by Gasteiger charge is 2.60. The molecular formula is C19H28F2O. The van der Waals surface area contributed by atoms with Crippen LogP contribution in [0.2, 0.25) is 0 Å². The topological polar surface area (TPSA) is 20.2 Å². The van der Waals surface area contributed by atoms with Crippen molar-refractivity contribution in [1.82, 2.24) is 0 Å². The van der Waals surface area contributed by atoms with Gasteiger partial charge in [-0.2, -0.15) is 0 Å². The summed E-state index contributed by atoms with van der Waals surface area (Å²) < 4.78 is 27.7. The Morgan fingerprint density at radius 1 is 1.14 bits per heavy atom. The first-order chi connectivity index (χ1) is 10.5. The van der Waals surface area contributed by atoms with Gasteiger partial charge in [0.15, 0.2) is 0 Å². The second kappa shape index (κ2) is 5.03. The van der Waals surface area contributed by atoms with E-state index in [2.05, 4.69) is 13.0 Å². The SMILES string of the molecule is C[C@]12CC[C@H](O)CC1=CC[C@H]1[C@@H]3CCC[C@@]3(C(F)F)CC[C@@H]12. The van der Waals surface area contributed by atoms with E-state index in [1.807, 2.05) is 0 Å². The molecule has 6 atom stereocenters. The Morgan fingerprint density at radius 3 is 2.73 bits per heavy atom. The van der Waals surface area contributed by atoms with Crippen molar-refractivity contribution in [2.45, 2.75) is 77.2 Å². The van der Waals surface area contributed by atoms with Crippen molar-refractivity contribution in [3.05, 3.63) is 11.6 Å². The van der Waals surface area contributed by atoms with Gasteiger partial charge >= 0.3 is 0 Å². The van der Waals surface area contributed by atoms with Crippen molar-refractivity contribution < 1.29 is 13.9 Å². The fourth-order valence-electron chi connectivity index (χ4n) is 6.73. The average molecular weight is 310 g/mol. The van der Waals surface area contributed by atoms with Gasteiger partial charge < -0.3 is 5.11 Å². The Hall–Kier alpha value is -0.440. The Labute approximate surface area is 132 Å². The lowest BCUT2D eigenvalue weighted by Gasteiger charge is -2.57. The molecule has 0 spiro atoms. The average Bonchev–Trinajstić information content (AvgIpc) is 2.93. The smallest absolute Gasteiger partial charge is 0.244 e. The molecule has 0 aliphatic heterocycles. The van der Waals surface area contributed by atoms with E-state index in [1.54, 1.807) is 0 Å². The molecule has 4 aliphatic carbocycles. The fraction of sp³-hybridized carbons (Fsp3) is 0.895. The molecule has 1 nitrogen and oxygen atoms in total. The van der Waals surface area contributed by atoms with Crippen LogP contribution in [0.25, 0.3) is 0 Å². The van der Waals surface area contributed by atoms with Crippen LogP contribution in [0.3, 0.4) is 0 Å². The molecule has 0 saturated heterocycles. The zero-order chi connectivity index (χ0) is 15.5. The summed E-state index contributed by atoms with van der Waals surface area (Å²) in [4.78, 5) is 0. The van der Waals surface area contributed by atoms with Crippen molar-refractivity contribution in [1.29, 1.82) is 0 Å². The Balaban J connectivity index is 1.68. The highest BCUT2D eigenvalue weighted by molar-refractivity contribution is 5.25. The van der Waals surface area contributed by atoms with Crippen LogP contribution in [0.15, 0.2) is 11.6 Å². The van der Waals surface area contributed by atoms with Crippen molar-refractivity contribution in [3.8, 4) is 0 Å². The zero-order valence-electron chi connectivity index (χ0n) is 13.5. The summed E-state index contributed by atoms with van der Waals surface area (Å²) in [5.74, 6) is 1.25. The molecule has 1 N–H and O–H groups in total. The molecular weight excluding hydrogens is 282 g/mol. The normalized spacial score (nSPS) is 51.0. The summed E-state index contributed by atoms with van der Waals surface area (Å²) in [5.41, 5.74) is 0.922. The third-order valence-electron chi connectivity index (χ3n) is 7.93. The summed E-state index contributed by atoms with van der Waals surface area (Å²) in [6.45, 7) is 2.35. The largest absolute Gasteiger partial charge is 0.393 e. The second-order valence-electron chi connectivity index (χ2n) is 8.62. The van der Waals surface area contributed by atoms with Crippen LogP contribution in [0, 0.1) is 28.6 Å². The highest BCUT2D eigenvalue weighted by atomic mass is 19.3. The number of rotatable bonds is 1. The second-order valence-corrected chi connectivity index (χ2v) is 8.62. The summed E-state index contributed by atoms with van der Waals surface area (Å²) in [7, 11) is 0. The number of halogens is 2. The van der Waals surface area contributed by atoms with E-state index in [0.717, 1.165) is 57.8 Å². The molecule has 22 heavy (non-hydrogen) atoms. The van der Waals surface area contributed by atoms with Crippen molar-refractivity contribution in [2.75, 3.05) is 0 Å². The minimum absolute atomic E-state index is 0.166. The third kappa shape index (κ3) is 1.90. The monoisotopic (exact) mass is 310 g/mol. The van der Waals surface area contributed by atoms with Gasteiger partial charge in [0, 0.05) is 5.41 Å². The lowest BCUT2D eigenvalue weighted by Crippen LogP contribution is -2.51. The molecule has 0 aromatic carbocycles. The van der Waals surface area contributed by atoms with Crippen molar-refractivity contribution >= 4 is 0 Å². The molecule has 4 rings (SSSR count). The zero-order valence-corrected chi connectivity index (χ0v) is 13.5. The molecule has 124 valence electrons. The Bertz CT molecular complexity index is 488. The first-order valence-electron chi connectivity index (χ1n) is 9.13. The number of hydrogen-bond acceptors (Lipinski definition) is 1. The van der Waals surface area contributed by atoms with E-state index in [4.69, 9.17) is 0 Å². The van der Waals surface area contributed by atoms with Crippen LogP contribution in [-0.2, 0) is 0 Å². The first-order valence-corrected chi connectivity index (χ1v) is 9.13. The number of hydrogen-bond donors (Lipinski definition) is 1. The van der Waals surface area contributed by atoms with Crippen LogP contribution >= 0.6 is 0 Å². The maximum absolute atomic E-state index is 13.9. The van der Waals surface area contributed by atoms with Gasteiger partial charge in [0.05, 0.1) is 6.10 Å². The van der Waals surface area contributed by atoms with Crippen LogP contribution in [0.5, 0.6) is 0 Å². The quantitative estimate of drug-likeness (QED) is 0.680. The third-order valence-corrected chi connectivity index (χ3v) is 7.93. The highest BCUT2D eigenvalue weighted by Crippen LogP contribution is 2.66. The standard InChI is InChI=1S/C19H28F2O/c1-18-9-6-13(22)11-12(18)4-5-14-15(18)7-10-19(17(20)21)8-2-3-16(14)19/h4,13-17,22H,2-3,5-11H2,1H3/t13-,14+,15-,16-,18-,19+/m0/s1. The van der Waals surface area contributed by atoms with Crippen molar-refractivity contribution in [3.63, 3.8) is 0 Å². The van der Waals surface area contributed by atoms with E-state index < -0.39 is 11.8 Å². The maximum atomic E-state index is 13.9. The molecule has 0 unspecified atom stereocenters. The first kappa shape index (κ1) is 15.1. The molecule has 0 bridgehead atoms. The molecule has 3 heteroatoms. The Kier molecular flexibility index (Phi) is 3.45. The van der Waals surface area contributed by atoms with Gasteiger partial charge in [-0.25, -0.2) is 8.78 Å². The summed E-state index contributed by atoms with van der Waals surface area (Å²) >= 11 is 0. The van der Waals surface area contributed by atoms with Gasteiger partial charge in [-0.15, -0.1) is 0 Å². The molecule has 0 radical (unpaired) electrons. The lowest BCUT2D eigenvalue weighted by atomic mass is 9.48.